The van der Waals surface area contributed by atoms with E-state index in [0.29, 0.717) is 5.56 Å². The second-order valence-electron chi connectivity index (χ2n) is 3.81. The van der Waals surface area contributed by atoms with Crippen LogP contribution >= 0.6 is 0 Å². The van der Waals surface area contributed by atoms with Crippen LogP contribution in [0.2, 0.25) is 0 Å². The number of halogens is 3. The van der Waals surface area contributed by atoms with Crippen LogP contribution in [-0.2, 0) is 7.05 Å². The molecule has 0 saturated heterocycles. The van der Waals surface area contributed by atoms with Crippen molar-refractivity contribution in [2.24, 2.45) is 12.9 Å². The van der Waals surface area contributed by atoms with Crippen LogP contribution in [0.15, 0.2) is 24.5 Å². The zero-order valence-electron chi connectivity index (χ0n) is 9.49. The SMILES string of the molecule is Cn1cc(C(NN)c2ccc(F)c(F)c2F)cn1. The van der Waals surface area contributed by atoms with Crippen molar-refractivity contribution in [3.05, 3.63) is 53.1 Å². The van der Waals surface area contributed by atoms with Crippen LogP contribution in [0.1, 0.15) is 17.2 Å². The minimum atomic E-state index is -1.52. The van der Waals surface area contributed by atoms with Crippen LogP contribution in [-0.4, -0.2) is 9.78 Å². The van der Waals surface area contributed by atoms with Gasteiger partial charge in [-0.25, -0.2) is 18.6 Å². The van der Waals surface area contributed by atoms with E-state index in [4.69, 9.17) is 5.84 Å². The third-order valence-electron chi connectivity index (χ3n) is 2.60. The molecule has 0 fully saturated rings. The van der Waals surface area contributed by atoms with Gasteiger partial charge in [0.25, 0.3) is 0 Å². The van der Waals surface area contributed by atoms with Crippen molar-refractivity contribution >= 4 is 0 Å². The van der Waals surface area contributed by atoms with Gasteiger partial charge in [-0.15, -0.1) is 0 Å². The third-order valence-corrected chi connectivity index (χ3v) is 2.60. The maximum absolute atomic E-state index is 13.7. The Bertz CT molecular complexity index is 567. The van der Waals surface area contributed by atoms with Gasteiger partial charge in [-0.05, 0) is 6.07 Å². The molecule has 0 spiro atoms. The van der Waals surface area contributed by atoms with E-state index in [1.54, 1.807) is 13.2 Å². The third kappa shape index (κ3) is 2.09. The Labute approximate surface area is 101 Å². The topological polar surface area (TPSA) is 55.9 Å². The van der Waals surface area contributed by atoms with E-state index in [-0.39, 0.29) is 5.56 Å². The number of rotatable bonds is 3. The molecule has 7 heteroatoms. The molecular formula is C11H11F3N4. The highest BCUT2D eigenvalue weighted by Gasteiger charge is 2.22. The Hall–Kier alpha value is -1.86. The highest BCUT2D eigenvalue weighted by atomic mass is 19.2. The Morgan fingerprint density at radius 1 is 1.28 bits per heavy atom. The number of benzene rings is 1. The molecule has 0 radical (unpaired) electrons. The number of aromatic nitrogens is 2. The first-order chi connectivity index (χ1) is 8.54. The second kappa shape index (κ2) is 4.79. The van der Waals surface area contributed by atoms with Gasteiger partial charge in [0.15, 0.2) is 17.5 Å². The van der Waals surface area contributed by atoms with Crippen LogP contribution < -0.4 is 11.3 Å². The van der Waals surface area contributed by atoms with Crippen molar-refractivity contribution in [2.75, 3.05) is 0 Å². The molecule has 0 aliphatic carbocycles. The number of nitrogens with one attached hydrogen (secondary N) is 1. The van der Waals surface area contributed by atoms with Crippen molar-refractivity contribution in [3.63, 3.8) is 0 Å². The summed E-state index contributed by atoms with van der Waals surface area (Å²) in [6.45, 7) is 0. The Kier molecular flexibility index (Phi) is 3.35. The maximum Gasteiger partial charge on any atom is 0.194 e. The first kappa shape index (κ1) is 12.6. The molecule has 96 valence electrons. The van der Waals surface area contributed by atoms with Gasteiger partial charge in [-0.1, -0.05) is 6.07 Å². The first-order valence-electron chi connectivity index (χ1n) is 5.12. The average Bonchev–Trinajstić information content (AvgIpc) is 2.77. The van der Waals surface area contributed by atoms with Gasteiger partial charge in [0, 0.05) is 24.4 Å². The molecule has 18 heavy (non-hydrogen) atoms. The molecule has 1 unspecified atom stereocenters. The summed E-state index contributed by atoms with van der Waals surface area (Å²) in [5.74, 6) is 1.32. The summed E-state index contributed by atoms with van der Waals surface area (Å²) in [5, 5.41) is 3.91. The highest BCUT2D eigenvalue weighted by Crippen LogP contribution is 2.25. The van der Waals surface area contributed by atoms with E-state index >= 15 is 0 Å². The largest absolute Gasteiger partial charge is 0.275 e. The number of hydrazine groups is 1. The van der Waals surface area contributed by atoms with Gasteiger partial charge in [0.1, 0.15) is 0 Å². The molecule has 1 aromatic carbocycles. The molecule has 0 aliphatic heterocycles. The van der Waals surface area contributed by atoms with Gasteiger partial charge in [0.05, 0.1) is 12.2 Å². The fourth-order valence-electron chi connectivity index (χ4n) is 1.72. The van der Waals surface area contributed by atoms with Gasteiger partial charge in [-0.2, -0.15) is 5.10 Å². The van der Waals surface area contributed by atoms with Crippen LogP contribution in [0.25, 0.3) is 0 Å². The van der Waals surface area contributed by atoms with Gasteiger partial charge < -0.3 is 0 Å². The van der Waals surface area contributed by atoms with Crippen molar-refractivity contribution in [2.45, 2.75) is 6.04 Å². The van der Waals surface area contributed by atoms with Gasteiger partial charge in [-0.3, -0.25) is 10.5 Å². The van der Waals surface area contributed by atoms with Crippen molar-refractivity contribution < 1.29 is 13.2 Å². The van der Waals surface area contributed by atoms with Gasteiger partial charge in [0.2, 0.25) is 0 Å². The summed E-state index contributed by atoms with van der Waals surface area (Å²) in [7, 11) is 1.68. The lowest BCUT2D eigenvalue weighted by Gasteiger charge is -2.15. The number of nitrogens with two attached hydrogens (primary N) is 1. The summed E-state index contributed by atoms with van der Waals surface area (Å²) in [6.07, 6.45) is 3.07. The van der Waals surface area contributed by atoms with Crippen LogP contribution in [0.4, 0.5) is 13.2 Å². The maximum atomic E-state index is 13.7. The lowest BCUT2D eigenvalue weighted by Crippen LogP contribution is -2.29. The van der Waals surface area contributed by atoms with Crippen LogP contribution in [0.5, 0.6) is 0 Å². The highest BCUT2D eigenvalue weighted by molar-refractivity contribution is 5.31. The van der Waals surface area contributed by atoms with E-state index in [2.05, 4.69) is 10.5 Å². The number of hydrogen-bond acceptors (Lipinski definition) is 3. The lowest BCUT2D eigenvalue weighted by atomic mass is 10.0. The zero-order chi connectivity index (χ0) is 13.3. The first-order valence-corrected chi connectivity index (χ1v) is 5.12. The van der Waals surface area contributed by atoms with Crippen molar-refractivity contribution in [1.29, 1.82) is 0 Å². The molecule has 0 amide bonds. The Balaban J connectivity index is 2.49. The van der Waals surface area contributed by atoms with Crippen molar-refractivity contribution in [1.82, 2.24) is 15.2 Å². The molecule has 0 bridgehead atoms. The smallest absolute Gasteiger partial charge is 0.194 e. The molecule has 1 atom stereocenters. The molecule has 0 aliphatic rings. The standard InChI is InChI=1S/C11H11F3N4/c1-18-5-6(4-16-18)11(17-15)7-2-3-8(12)10(14)9(7)13/h2-5,11,17H,15H2,1H3. The van der Waals surface area contributed by atoms with Crippen molar-refractivity contribution in [3.8, 4) is 0 Å². The van der Waals surface area contributed by atoms with Crippen LogP contribution in [0.3, 0.4) is 0 Å². The van der Waals surface area contributed by atoms with E-state index in [1.807, 2.05) is 0 Å². The summed E-state index contributed by atoms with van der Waals surface area (Å²) >= 11 is 0. The number of aryl methyl sites for hydroxylation is 1. The molecule has 2 aromatic rings. The quantitative estimate of drug-likeness (QED) is 0.495. The monoisotopic (exact) mass is 256 g/mol. The second-order valence-corrected chi connectivity index (χ2v) is 3.81. The van der Waals surface area contributed by atoms with E-state index in [0.717, 1.165) is 12.1 Å². The summed E-state index contributed by atoms with van der Waals surface area (Å²) in [4.78, 5) is 0. The average molecular weight is 256 g/mol. The Morgan fingerprint density at radius 3 is 2.56 bits per heavy atom. The molecule has 1 aromatic heterocycles. The molecule has 3 N–H and O–H groups in total. The zero-order valence-corrected chi connectivity index (χ0v) is 9.49. The molecule has 1 heterocycles. The summed E-state index contributed by atoms with van der Waals surface area (Å²) in [5.41, 5.74) is 2.82. The number of hydrogen-bond donors (Lipinski definition) is 2. The van der Waals surface area contributed by atoms with E-state index < -0.39 is 23.5 Å². The predicted octanol–water partition coefficient (Wildman–Crippen LogP) is 1.39. The van der Waals surface area contributed by atoms with E-state index in [9.17, 15) is 13.2 Å². The van der Waals surface area contributed by atoms with E-state index in [1.165, 1.54) is 10.9 Å². The molecule has 2 rings (SSSR count). The normalized spacial score (nSPS) is 12.7. The lowest BCUT2D eigenvalue weighted by molar-refractivity contribution is 0.433. The molecule has 4 nitrogen and oxygen atoms in total. The fourth-order valence-corrected chi connectivity index (χ4v) is 1.72. The van der Waals surface area contributed by atoms with Crippen LogP contribution in [0, 0.1) is 17.5 Å². The summed E-state index contributed by atoms with van der Waals surface area (Å²) in [6, 6.07) is 1.20. The summed E-state index contributed by atoms with van der Waals surface area (Å²) < 4.78 is 41.2. The molecular weight excluding hydrogens is 245 g/mol. The number of nitrogens with zero attached hydrogens (tertiary/aromatic N) is 2. The minimum absolute atomic E-state index is 0.0793. The van der Waals surface area contributed by atoms with Gasteiger partial charge >= 0.3 is 0 Å². The fraction of sp³-hybridized carbons (Fsp3) is 0.182. The minimum Gasteiger partial charge on any atom is -0.275 e. The molecule has 0 saturated carbocycles. The Morgan fingerprint density at radius 2 is 2.00 bits per heavy atom. The predicted molar refractivity (Wildman–Crippen MR) is 58.7 cm³/mol.